The van der Waals surface area contributed by atoms with Crippen LogP contribution in [-0.4, -0.2) is 119 Å². The predicted octanol–water partition coefficient (Wildman–Crippen LogP) is 5.43. The molecule has 4 aliphatic heterocycles. The molecule has 2 aromatic heterocycles. The van der Waals surface area contributed by atoms with Crippen LogP contribution in [0.1, 0.15) is 25.7 Å². The summed E-state index contributed by atoms with van der Waals surface area (Å²) in [7, 11) is 1.81. The largest absolute Gasteiger partial charge is 0.461 e. The minimum absolute atomic E-state index is 0.0507. The molecule has 3 atom stereocenters. The van der Waals surface area contributed by atoms with Crippen molar-refractivity contribution in [1.82, 2.24) is 29.7 Å². The van der Waals surface area contributed by atoms with E-state index in [1.165, 1.54) is 12.3 Å². The number of hydrogen-bond acceptors (Lipinski definition) is 8. The highest BCUT2D eigenvalue weighted by molar-refractivity contribution is 6.36. The molecule has 4 saturated heterocycles. The van der Waals surface area contributed by atoms with E-state index in [2.05, 4.69) is 26.7 Å². The van der Waals surface area contributed by atoms with Crippen LogP contribution in [0.15, 0.2) is 36.5 Å². The Morgan fingerprint density at radius 2 is 1.94 bits per heavy atom. The molecule has 0 N–H and O–H groups in total. The standard InChI is InChI=1S/C37H36ClF4N7O2/c1-46(25-10-14-48(20-25)29(50)7-3-12-47-17-24(40)18-47)35-27-16-43-33(26-6-2-5-22-8-9-28(41)31(38)30(22)26)32(42)34(27)44-36(45-35)51-21-37-11-4-13-49(37)19-23(39)15-37/h2,5-6,8-9,16,23-25H,4,10-15,17-21H2,1H3/t23-,25-,37+/m1/s1. The number of fused-ring (bicyclic) bond motifs is 3. The highest BCUT2D eigenvalue weighted by Gasteiger charge is 2.49. The molecule has 1 amide bonds. The Hall–Kier alpha value is -4.25. The normalized spacial score (nSPS) is 23.8. The van der Waals surface area contributed by atoms with Crippen molar-refractivity contribution in [3.8, 4) is 29.1 Å². The molecule has 4 fully saturated rings. The molecule has 6 heterocycles. The SMILES string of the molecule is CN(c1nc(OC[C@@]23CCCN2C[C@H](F)C3)nc2c(F)c(-c3cccc4ccc(F)c(Cl)c34)ncc12)[C@@H]1CCN(C(=O)C#CCN2CC(F)C2)C1. The number of halogens is 5. The first-order chi connectivity index (χ1) is 24.6. The fourth-order valence-electron chi connectivity index (χ4n) is 8.05. The van der Waals surface area contributed by atoms with Crippen molar-refractivity contribution in [1.29, 1.82) is 0 Å². The topological polar surface area (TPSA) is 77.9 Å². The van der Waals surface area contributed by atoms with Crippen LogP contribution in [0.4, 0.5) is 23.4 Å². The Balaban J connectivity index is 1.13. The van der Waals surface area contributed by atoms with Crippen LogP contribution in [0.25, 0.3) is 32.9 Å². The molecule has 0 bridgehead atoms. The van der Waals surface area contributed by atoms with Crippen LogP contribution >= 0.6 is 11.6 Å². The number of benzene rings is 2. The number of nitrogens with zero attached hydrogens (tertiary/aromatic N) is 7. The van der Waals surface area contributed by atoms with Gasteiger partial charge < -0.3 is 14.5 Å². The van der Waals surface area contributed by atoms with Crippen molar-refractivity contribution in [2.45, 2.75) is 49.6 Å². The molecule has 0 spiro atoms. The minimum Gasteiger partial charge on any atom is -0.461 e. The number of hydrogen-bond donors (Lipinski definition) is 0. The summed E-state index contributed by atoms with van der Waals surface area (Å²) in [6.07, 6.45) is 2.35. The van der Waals surface area contributed by atoms with Crippen LogP contribution in [0.3, 0.4) is 0 Å². The number of carbonyl (C=O) groups is 1. The molecule has 9 nitrogen and oxygen atoms in total. The number of rotatable bonds is 7. The molecular weight excluding hydrogens is 686 g/mol. The Bertz CT molecular complexity index is 2090. The molecule has 14 heteroatoms. The molecule has 4 aliphatic rings. The van der Waals surface area contributed by atoms with E-state index in [0.29, 0.717) is 79.7 Å². The second-order valence-corrected chi connectivity index (χ2v) is 14.4. The molecule has 0 aliphatic carbocycles. The van der Waals surface area contributed by atoms with Gasteiger partial charge in [0.1, 0.15) is 41.8 Å². The van der Waals surface area contributed by atoms with E-state index >= 15 is 4.39 Å². The van der Waals surface area contributed by atoms with E-state index < -0.39 is 29.5 Å². The number of likely N-dealkylation sites (N-methyl/N-ethyl adjacent to an activating group) is 1. The van der Waals surface area contributed by atoms with Gasteiger partial charge in [0, 0.05) is 69.4 Å². The van der Waals surface area contributed by atoms with Crippen molar-refractivity contribution < 1.29 is 27.1 Å². The summed E-state index contributed by atoms with van der Waals surface area (Å²) in [5.74, 6) is 4.18. The van der Waals surface area contributed by atoms with Gasteiger partial charge in [0.25, 0.3) is 5.91 Å². The second-order valence-electron chi connectivity index (χ2n) is 14.0. The average molecular weight is 722 g/mol. The summed E-state index contributed by atoms with van der Waals surface area (Å²) in [5, 5.41) is 1.12. The van der Waals surface area contributed by atoms with Crippen LogP contribution in [0, 0.1) is 23.5 Å². The molecule has 266 valence electrons. The molecule has 51 heavy (non-hydrogen) atoms. The Morgan fingerprint density at radius 3 is 2.76 bits per heavy atom. The maximum Gasteiger partial charge on any atom is 0.319 e. The molecule has 0 radical (unpaired) electrons. The third kappa shape index (κ3) is 6.21. The van der Waals surface area contributed by atoms with Crippen LogP contribution in [0.5, 0.6) is 6.01 Å². The van der Waals surface area contributed by atoms with Crippen molar-refractivity contribution in [3.63, 3.8) is 0 Å². The van der Waals surface area contributed by atoms with E-state index in [-0.39, 0.29) is 40.8 Å². The van der Waals surface area contributed by atoms with Gasteiger partial charge in [-0.1, -0.05) is 41.8 Å². The number of aromatic nitrogens is 3. The Morgan fingerprint density at radius 1 is 1.10 bits per heavy atom. The summed E-state index contributed by atoms with van der Waals surface area (Å²) in [6.45, 7) is 3.10. The maximum atomic E-state index is 16.8. The first-order valence-electron chi connectivity index (χ1n) is 17.2. The van der Waals surface area contributed by atoms with Crippen molar-refractivity contribution in [2.24, 2.45) is 0 Å². The van der Waals surface area contributed by atoms with Gasteiger partial charge in [0.15, 0.2) is 5.82 Å². The molecule has 4 aromatic rings. The van der Waals surface area contributed by atoms with E-state index in [9.17, 15) is 18.0 Å². The summed E-state index contributed by atoms with van der Waals surface area (Å²) >= 11 is 6.40. The minimum atomic E-state index is -0.951. The van der Waals surface area contributed by atoms with Gasteiger partial charge in [-0.25, -0.2) is 17.6 Å². The zero-order valence-electron chi connectivity index (χ0n) is 28.0. The lowest BCUT2D eigenvalue weighted by Crippen LogP contribution is -2.48. The van der Waals surface area contributed by atoms with Gasteiger partial charge >= 0.3 is 6.01 Å². The monoisotopic (exact) mass is 721 g/mol. The summed E-state index contributed by atoms with van der Waals surface area (Å²) < 4.78 is 65.3. The third-order valence-electron chi connectivity index (χ3n) is 10.8. The lowest BCUT2D eigenvalue weighted by atomic mass is 9.95. The van der Waals surface area contributed by atoms with Gasteiger partial charge in [-0.15, -0.1) is 0 Å². The van der Waals surface area contributed by atoms with Crippen molar-refractivity contribution in [2.75, 3.05) is 64.4 Å². The fraction of sp³-hybridized carbons (Fsp3) is 0.459. The van der Waals surface area contributed by atoms with Crippen molar-refractivity contribution in [3.05, 3.63) is 53.2 Å². The average Bonchev–Trinajstić information content (AvgIpc) is 3.83. The summed E-state index contributed by atoms with van der Waals surface area (Å²) in [4.78, 5) is 34.2. The zero-order valence-corrected chi connectivity index (χ0v) is 28.8. The zero-order chi connectivity index (χ0) is 35.4. The highest BCUT2D eigenvalue weighted by atomic mass is 35.5. The number of ether oxygens (including phenoxy) is 1. The number of alkyl halides is 2. The van der Waals surface area contributed by atoms with Crippen LogP contribution in [0.2, 0.25) is 5.02 Å². The third-order valence-corrected chi connectivity index (χ3v) is 11.2. The van der Waals surface area contributed by atoms with Gasteiger partial charge in [-0.3, -0.25) is 19.6 Å². The van der Waals surface area contributed by atoms with E-state index in [4.69, 9.17) is 21.3 Å². The van der Waals surface area contributed by atoms with Crippen molar-refractivity contribution >= 4 is 45.0 Å². The lowest BCUT2D eigenvalue weighted by Gasteiger charge is -2.32. The number of amides is 1. The van der Waals surface area contributed by atoms with E-state index in [0.717, 1.165) is 19.4 Å². The fourth-order valence-corrected chi connectivity index (χ4v) is 8.33. The quantitative estimate of drug-likeness (QED) is 0.185. The lowest BCUT2D eigenvalue weighted by molar-refractivity contribution is -0.124. The van der Waals surface area contributed by atoms with Crippen LogP contribution in [-0.2, 0) is 4.79 Å². The summed E-state index contributed by atoms with van der Waals surface area (Å²) in [5.41, 5.74) is -0.291. The first-order valence-corrected chi connectivity index (χ1v) is 17.6. The summed E-state index contributed by atoms with van der Waals surface area (Å²) in [6, 6.07) is 7.69. The second kappa shape index (κ2) is 13.4. The maximum absolute atomic E-state index is 16.8. The molecule has 0 unspecified atom stereocenters. The number of likely N-dealkylation sites (tertiary alicyclic amines) is 2. The molecule has 0 saturated carbocycles. The van der Waals surface area contributed by atoms with Gasteiger partial charge in [0.05, 0.1) is 22.5 Å². The smallest absolute Gasteiger partial charge is 0.319 e. The van der Waals surface area contributed by atoms with Gasteiger partial charge in [-0.05, 0) is 43.2 Å². The molecular formula is C37H36ClF4N7O2. The van der Waals surface area contributed by atoms with Gasteiger partial charge in [-0.2, -0.15) is 9.97 Å². The highest BCUT2D eigenvalue weighted by Crippen LogP contribution is 2.42. The number of anilines is 1. The predicted molar refractivity (Wildman–Crippen MR) is 186 cm³/mol. The number of pyridine rings is 1. The van der Waals surface area contributed by atoms with E-state index in [1.807, 2.05) is 16.8 Å². The first kappa shape index (κ1) is 33.9. The van der Waals surface area contributed by atoms with E-state index in [1.54, 1.807) is 29.2 Å². The molecule has 2 aromatic carbocycles. The molecule has 8 rings (SSSR count). The van der Waals surface area contributed by atoms with Crippen LogP contribution < -0.4 is 9.64 Å². The van der Waals surface area contributed by atoms with Gasteiger partial charge in [0.2, 0.25) is 0 Å². The Labute approximate surface area is 297 Å². The Kier molecular flexibility index (Phi) is 8.89. The number of carbonyl (C=O) groups excluding carboxylic acids is 1.